The number of rotatable bonds is 4. The Bertz CT molecular complexity index is 895. The summed E-state index contributed by atoms with van der Waals surface area (Å²) in [5.41, 5.74) is 0.798. The highest BCUT2D eigenvalue weighted by Crippen LogP contribution is 2.31. The van der Waals surface area contributed by atoms with E-state index in [0.29, 0.717) is 23.3 Å². The summed E-state index contributed by atoms with van der Waals surface area (Å²) in [6.07, 6.45) is 0. The first-order valence-electron chi connectivity index (χ1n) is 7.86. The number of fused-ring (bicyclic) bond motifs is 3. The van der Waals surface area contributed by atoms with Crippen molar-refractivity contribution in [2.45, 2.75) is 26.1 Å². The Kier molecular flexibility index (Phi) is 4.82. The fourth-order valence-electron chi connectivity index (χ4n) is 3.16. The predicted octanol–water partition coefficient (Wildman–Crippen LogP) is 1.63. The third-order valence-corrected chi connectivity index (χ3v) is 4.30. The van der Waals surface area contributed by atoms with Crippen LogP contribution in [-0.2, 0) is 27.4 Å². The molecule has 6 nitrogen and oxygen atoms in total. The van der Waals surface area contributed by atoms with Crippen LogP contribution < -0.4 is 10.9 Å². The quantitative estimate of drug-likeness (QED) is 0.847. The number of carbonyl (C=O) groups is 1. The predicted molar refractivity (Wildman–Crippen MR) is 86.2 cm³/mol. The van der Waals surface area contributed by atoms with Crippen molar-refractivity contribution in [2.75, 3.05) is 20.3 Å². The molecule has 0 saturated carbocycles. The van der Waals surface area contributed by atoms with Crippen LogP contribution in [0.5, 0.6) is 0 Å². The maximum atomic E-state index is 13.8. The molecule has 0 fully saturated rings. The van der Waals surface area contributed by atoms with Crippen molar-refractivity contribution in [3.8, 4) is 0 Å². The van der Waals surface area contributed by atoms with Crippen LogP contribution in [0, 0.1) is 11.6 Å². The van der Waals surface area contributed by atoms with Gasteiger partial charge >= 0.3 is 5.97 Å². The van der Waals surface area contributed by atoms with Crippen LogP contribution in [0.4, 0.5) is 8.78 Å². The van der Waals surface area contributed by atoms with Crippen molar-refractivity contribution < 1.29 is 23.0 Å². The molecule has 1 aromatic heterocycles. The molecule has 1 N–H and O–H groups in total. The van der Waals surface area contributed by atoms with Gasteiger partial charge in [0.05, 0.1) is 36.9 Å². The van der Waals surface area contributed by atoms with Gasteiger partial charge in [-0.25, -0.2) is 8.78 Å². The third kappa shape index (κ3) is 3.14. The zero-order chi connectivity index (χ0) is 18.1. The molecule has 2 heterocycles. The number of pyridine rings is 1. The molecule has 0 saturated heterocycles. The molecule has 0 spiro atoms. The Hall–Kier alpha value is -2.32. The highest BCUT2D eigenvalue weighted by molar-refractivity contribution is 5.86. The van der Waals surface area contributed by atoms with Gasteiger partial charge in [0.25, 0.3) is 5.56 Å². The summed E-state index contributed by atoms with van der Waals surface area (Å²) in [7, 11) is 1.73. The lowest BCUT2D eigenvalue weighted by atomic mass is 9.96. The smallest absolute Gasteiger partial charge is 0.302 e. The minimum atomic E-state index is -1.08. The SMILES string of the molecule is CNC1COCc2c1c1cc(F)c(F)cc1c(=O)n2CCOC(C)=O. The highest BCUT2D eigenvalue weighted by Gasteiger charge is 2.27. The van der Waals surface area contributed by atoms with Crippen LogP contribution in [0.2, 0.25) is 0 Å². The van der Waals surface area contributed by atoms with E-state index in [9.17, 15) is 18.4 Å². The molecule has 8 heteroatoms. The molecule has 2 aromatic rings. The number of nitrogens with one attached hydrogen (secondary N) is 1. The summed E-state index contributed by atoms with van der Waals surface area (Å²) in [6, 6.07) is 1.70. The van der Waals surface area contributed by atoms with Crippen LogP contribution in [-0.4, -0.2) is 30.8 Å². The van der Waals surface area contributed by atoms with E-state index in [-0.39, 0.29) is 31.2 Å². The zero-order valence-corrected chi connectivity index (χ0v) is 13.9. The molecule has 0 aliphatic carbocycles. The van der Waals surface area contributed by atoms with Crippen molar-refractivity contribution in [3.63, 3.8) is 0 Å². The largest absolute Gasteiger partial charge is 0.464 e. The Morgan fingerprint density at radius 1 is 1.36 bits per heavy atom. The van der Waals surface area contributed by atoms with Crippen molar-refractivity contribution in [1.29, 1.82) is 0 Å². The van der Waals surface area contributed by atoms with Gasteiger partial charge < -0.3 is 19.4 Å². The third-order valence-electron chi connectivity index (χ3n) is 4.30. The van der Waals surface area contributed by atoms with E-state index < -0.39 is 23.2 Å². The summed E-state index contributed by atoms with van der Waals surface area (Å²) in [4.78, 5) is 23.8. The second kappa shape index (κ2) is 6.89. The van der Waals surface area contributed by atoms with Gasteiger partial charge in [0.2, 0.25) is 0 Å². The monoisotopic (exact) mass is 352 g/mol. The summed E-state index contributed by atoms with van der Waals surface area (Å²) >= 11 is 0. The lowest BCUT2D eigenvalue weighted by Crippen LogP contribution is -2.35. The standard InChI is InChI=1S/C17H18F2N2O4/c1-9(22)25-4-3-21-15-8-24-7-14(20-2)16(15)10-5-12(18)13(19)6-11(10)17(21)23/h5-6,14,20H,3-4,7-8H2,1-2H3. The van der Waals surface area contributed by atoms with Gasteiger partial charge in [-0.3, -0.25) is 9.59 Å². The van der Waals surface area contributed by atoms with Crippen LogP contribution in [0.15, 0.2) is 16.9 Å². The molecular weight excluding hydrogens is 334 g/mol. The molecule has 1 aliphatic heterocycles. The molecule has 25 heavy (non-hydrogen) atoms. The van der Waals surface area contributed by atoms with Gasteiger partial charge in [-0.15, -0.1) is 0 Å². The summed E-state index contributed by atoms with van der Waals surface area (Å²) in [5.74, 6) is -2.54. The lowest BCUT2D eigenvalue weighted by molar-refractivity contribution is -0.141. The lowest BCUT2D eigenvalue weighted by Gasteiger charge is -2.29. The van der Waals surface area contributed by atoms with E-state index in [1.54, 1.807) is 7.05 Å². The molecule has 1 aromatic carbocycles. The molecule has 0 amide bonds. The Morgan fingerprint density at radius 2 is 2.04 bits per heavy atom. The number of carbonyl (C=O) groups excluding carboxylic acids is 1. The highest BCUT2D eigenvalue weighted by atomic mass is 19.2. The number of hydrogen-bond donors (Lipinski definition) is 1. The van der Waals surface area contributed by atoms with Crippen molar-refractivity contribution in [3.05, 3.63) is 45.4 Å². The van der Waals surface area contributed by atoms with E-state index in [1.165, 1.54) is 11.5 Å². The summed E-state index contributed by atoms with van der Waals surface area (Å²) < 4.78 is 39.3. The number of likely N-dealkylation sites (N-methyl/N-ethyl adjacent to an activating group) is 1. The van der Waals surface area contributed by atoms with Crippen LogP contribution in [0.1, 0.15) is 24.2 Å². The average molecular weight is 352 g/mol. The van der Waals surface area contributed by atoms with Gasteiger partial charge in [-0.05, 0) is 24.6 Å². The number of nitrogens with zero attached hydrogens (tertiary/aromatic N) is 1. The molecule has 3 rings (SSSR count). The first kappa shape index (κ1) is 17.5. The number of halogens is 2. The Labute approximate surface area is 142 Å². The molecule has 0 radical (unpaired) electrons. The van der Waals surface area contributed by atoms with Gasteiger partial charge in [0.15, 0.2) is 11.6 Å². The fraction of sp³-hybridized carbons (Fsp3) is 0.412. The number of aromatic nitrogens is 1. The second-order valence-electron chi connectivity index (χ2n) is 5.83. The Balaban J connectivity index is 2.25. The molecule has 134 valence electrons. The van der Waals surface area contributed by atoms with Gasteiger partial charge in [-0.2, -0.15) is 0 Å². The second-order valence-corrected chi connectivity index (χ2v) is 5.83. The van der Waals surface area contributed by atoms with Crippen LogP contribution in [0.25, 0.3) is 10.8 Å². The average Bonchev–Trinajstić information content (AvgIpc) is 2.58. The Morgan fingerprint density at radius 3 is 2.68 bits per heavy atom. The minimum absolute atomic E-state index is 0.00108. The maximum absolute atomic E-state index is 13.8. The van der Waals surface area contributed by atoms with Crippen molar-refractivity contribution in [2.24, 2.45) is 0 Å². The molecular formula is C17H18F2N2O4. The van der Waals surface area contributed by atoms with E-state index in [4.69, 9.17) is 9.47 Å². The topological polar surface area (TPSA) is 69.6 Å². The van der Waals surface area contributed by atoms with Gasteiger partial charge in [-0.1, -0.05) is 0 Å². The van der Waals surface area contributed by atoms with Gasteiger partial charge in [0, 0.05) is 12.5 Å². The minimum Gasteiger partial charge on any atom is -0.464 e. The number of benzene rings is 1. The molecule has 1 unspecified atom stereocenters. The van der Waals surface area contributed by atoms with E-state index in [0.717, 1.165) is 12.1 Å². The van der Waals surface area contributed by atoms with Crippen molar-refractivity contribution in [1.82, 2.24) is 9.88 Å². The number of esters is 1. The van der Waals surface area contributed by atoms with Crippen LogP contribution in [0.3, 0.4) is 0 Å². The number of ether oxygens (including phenoxy) is 2. The van der Waals surface area contributed by atoms with E-state index in [1.807, 2.05) is 0 Å². The molecule has 0 bridgehead atoms. The maximum Gasteiger partial charge on any atom is 0.302 e. The first-order chi connectivity index (χ1) is 11.9. The summed E-state index contributed by atoms with van der Waals surface area (Å²) in [6.45, 7) is 1.89. The fourth-order valence-corrected chi connectivity index (χ4v) is 3.16. The number of hydrogen-bond acceptors (Lipinski definition) is 5. The van der Waals surface area contributed by atoms with E-state index >= 15 is 0 Å². The zero-order valence-electron chi connectivity index (χ0n) is 13.9. The van der Waals surface area contributed by atoms with Gasteiger partial charge in [0.1, 0.15) is 6.61 Å². The molecule has 1 aliphatic rings. The first-order valence-corrected chi connectivity index (χ1v) is 7.86. The van der Waals surface area contributed by atoms with E-state index in [2.05, 4.69) is 5.32 Å². The van der Waals surface area contributed by atoms with Crippen molar-refractivity contribution >= 4 is 16.7 Å². The normalized spacial score (nSPS) is 16.7. The van der Waals surface area contributed by atoms with Crippen LogP contribution >= 0.6 is 0 Å². The molecule has 1 atom stereocenters. The summed E-state index contributed by atoms with van der Waals surface area (Å²) in [5, 5.41) is 3.52.